The standard InChI is InChI=1S/C25H27FN6O3S/c1-14(29-18-7-10-27-17-3-4-22(35-2)32-23(17)18)25(34)8-5-15(6-9-25)28-12-19-16(26)11-20-24(30-19)31-21(33)13-36-20/h3-4,7,10-11,15,28,34H,1,5-6,8-9,12-13H2,2H3,(H,27,29)(H,30,31,33). The number of aliphatic hydroxyl groups is 1. The van der Waals surface area contributed by atoms with Crippen LogP contribution in [0.3, 0.4) is 0 Å². The number of fused-ring (bicyclic) bond motifs is 2. The van der Waals surface area contributed by atoms with E-state index < -0.39 is 11.4 Å². The van der Waals surface area contributed by atoms with Gasteiger partial charge < -0.3 is 25.8 Å². The van der Waals surface area contributed by atoms with Crippen molar-refractivity contribution in [3.8, 4) is 5.88 Å². The number of anilines is 2. The molecule has 4 heterocycles. The Balaban J connectivity index is 1.20. The highest BCUT2D eigenvalue weighted by Gasteiger charge is 2.36. The molecule has 0 bridgehead atoms. The number of hydrogen-bond donors (Lipinski definition) is 4. The maximum atomic E-state index is 14.5. The monoisotopic (exact) mass is 510 g/mol. The summed E-state index contributed by atoms with van der Waals surface area (Å²) in [6.45, 7) is 4.35. The van der Waals surface area contributed by atoms with Gasteiger partial charge in [-0.2, -0.15) is 0 Å². The van der Waals surface area contributed by atoms with Crippen molar-refractivity contribution in [2.45, 2.75) is 48.8 Å². The maximum absolute atomic E-state index is 14.5. The van der Waals surface area contributed by atoms with Crippen molar-refractivity contribution in [3.63, 3.8) is 0 Å². The third-order valence-electron chi connectivity index (χ3n) is 6.62. The Labute approximate surface area is 212 Å². The molecule has 1 amide bonds. The molecule has 0 aromatic carbocycles. The van der Waals surface area contributed by atoms with Gasteiger partial charge in [-0.05, 0) is 43.9 Å². The van der Waals surface area contributed by atoms with E-state index in [1.54, 1.807) is 25.4 Å². The first kappa shape index (κ1) is 24.4. The van der Waals surface area contributed by atoms with Gasteiger partial charge in [0.2, 0.25) is 11.8 Å². The molecule has 1 aliphatic heterocycles. The van der Waals surface area contributed by atoms with Crippen molar-refractivity contribution in [3.05, 3.63) is 54.2 Å². The number of aromatic nitrogens is 3. The lowest BCUT2D eigenvalue weighted by Gasteiger charge is -2.38. The number of thioether (sulfide) groups is 1. The van der Waals surface area contributed by atoms with Gasteiger partial charge in [0.15, 0.2) is 0 Å². The van der Waals surface area contributed by atoms with Crippen molar-refractivity contribution in [2.24, 2.45) is 0 Å². The van der Waals surface area contributed by atoms with Crippen LogP contribution >= 0.6 is 11.8 Å². The van der Waals surface area contributed by atoms with Gasteiger partial charge in [0.25, 0.3) is 0 Å². The molecule has 36 heavy (non-hydrogen) atoms. The molecule has 5 rings (SSSR count). The van der Waals surface area contributed by atoms with Crippen LogP contribution in [0.1, 0.15) is 31.4 Å². The predicted molar refractivity (Wildman–Crippen MR) is 136 cm³/mol. The first-order valence-corrected chi connectivity index (χ1v) is 12.7. The van der Waals surface area contributed by atoms with Crippen LogP contribution in [0.4, 0.5) is 15.9 Å². The molecule has 0 atom stereocenters. The summed E-state index contributed by atoms with van der Waals surface area (Å²) in [4.78, 5) is 25.4. The van der Waals surface area contributed by atoms with E-state index in [4.69, 9.17) is 4.74 Å². The number of carbonyl (C=O) groups excluding carboxylic acids is 1. The second kappa shape index (κ2) is 10.00. The molecule has 2 aliphatic rings. The van der Waals surface area contributed by atoms with Crippen molar-refractivity contribution in [1.29, 1.82) is 0 Å². The van der Waals surface area contributed by atoms with E-state index in [9.17, 15) is 14.3 Å². The summed E-state index contributed by atoms with van der Waals surface area (Å²) in [5, 5.41) is 20.6. The summed E-state index contributed by atoms with van der Waals surface area (Å²) >= 11 is 1.28. The molecule has 0 unspecified atom stereocenters. The topological polar surface area (TPSA) is 121 Å². The van der Waals surface area contributed by atoms with Crippen molar-refractivity contribution >= 4 is 40.2 Å². The van der Waals surface area contributed by atoms with Gasteiger partial charge in [0, 0.05) is 30.5 Å². The van der Waals surface area contributed by atoms with E-state index in [2.05, 4.69) is 37.5 Å². The van der Waals surface area contributed by atoms with Gasteiger partial charge in [-0.1, -0.05) is 6.58 Å². The zero-order chi connectivity index (χ0) is 25.3. The third-order valence-corrected chi connectivity index (χ3v) is 7.64. The van der Waals surface area contributed by atoms with E-state index >= 15 is 0 Å². The molecule has 1 aliphatic carbocycles. The van der Waals surface area contributed by atoms with E-state index in [1.165, 1.54) is 17.8 Å². The fraction of sp³-hybridized carbons (Fsp3) is 0.360. The Hall–Kier alpha value is -3.28. The minimum absolute atomic E-state index is 0.0898. The van der Waals surface area contributed by atoms with Gasteiger partial charge >= 0.3 is 0 Å². The number of ether oxygens (including phenoxy) is 1. The summed E-state index contributed by atoms with van der Waals surface area (Å²) < 4.78 is 19.7. The SMILES string of the molecule is C=C(Nc1ccnc2ccc(OC)nc12)C1(O)CCC(NCc2nc3c(cc2F)SCC(=O)N3)CC1. The van der Waals surface area contributed by atoms with Crippen LogP contribution in [0.5, 0.6) is 5.88 Å². The zero-order valence-electron chi connectivity index (χ0n) is 19.8. The zero-order valence-corrected chi connectivity index (χ0v) is 20.6. The number of halogens is 1. The highest BCUT2D eigenvalue weighted by Crippen LogP contribution is 2.36. The number of methoxy groups -OCH3 is 1. The summed E-state index contributed by atoms with van der Waals surface area (Å²) in [5.74, 6) is 0.607. The molecule has 11 heteroatoms. The molecule has 1 saturated carbocycles. The summed E-state index contributed by atoms with van der Waals surface area (Å²) in [5.41, 5.74) is 1.69. The van der Waals surface area contributed by atoms with E-state index in [0.29, 0.717) is 64.7 Å². The van der Waals surface area contributed by atoms with E-state index in [0.717, 1.165) is 0 Å². The minimum atomic E-state index is -1.09. The van der Waals surface area contributed by atoms with Crippen LogP contribution in [0.15, 0.2) is 47.6 Å². The first-order valence-electron chi connectivity index (χ1n) is 11.7. The number of hydrogen-bond acceptors (Lipinski definition) is 9. The lowest BCUT2D eigenvalue weighted by Crippen LogP contribution is -2.43. The van der Waals surface area contributed by atoms with Gasteiger partial charge in [-0.25, -0.2) is 14.4 Å². The number of nitrogens with zero attached hydrogens (tertiary/aromatic N) is 3. The second-order valence-corrected chi connectivity index (χ2v) is 9.99. The van der Waals surface area contributed by atoms with Crippen LogP contribution in [-0.4, -0.2) is 50.5 Å². The predicted octanol–water partition coefficient (Wildman–Crippen LogP) is 3.61. The number of rotatable bonds is 7. The number of nitrogens with one attached hydrogen (secondary N) is 3. The largest absolute Gasteiger partial charge is 0.481 e. The Morgan fingerprint density at radius 3 is 2.92 bits per heavy atom. The van der Waals surface area contributed by atoms with Gasteiger partial charge in [-0.3, -0.25) is 9.78 Å². The average Bonchev–Trinajstić information content (AvgIpc) is 2.88. The molecule has 0 saturated heterocycles. The lowest BCUT2D eigenvalue weighted by molar-refractivity contribution is -0.113. The third kappa shape index (κ3) is 4.99. The molecule has 188 valence electrons. The molecule has 9 nitrogen and oxygen atoms in total. The van der Waals surface area contributed by atoms with Crippen LogP contribution in [0.2, 0.25) is 0 Å². The maximum Gasteiger partial charge on any atom is 0.235 e. The van der Waals surface area contributed by atoms with Gasteiger partial charge in [-0.15, -0.1) is 11.8 Å². The van der Waals surface area contributed by atoms with Gasteiger partial charge in [0.1, 0.15) is 22.8 Å². The number of pyridine rings is 3. The summed E-state index contributed by atoms with van der Waals surface area (Å²) in [6, 6.07) is 6.88. The lowest BCUT2D eigenvalue weighted by atomic mass is 9.80. The Bertz CT molecular complexity index is 1330. The Kier molecular flexibility index (Phi) is 6.78. The number of carbonyl (C=O) groups is 1. The smallest absolute Gasteiger partial charge is 0.235 e. The molecule has 4 N–H and O–H groups in total. The fourth-order valence-corrected chi connectivity index (χ4v) is 5.27. The normalized spacial score (nSPS) is 21.5. The van der Waals surface area contributed by atoms with Crippen LogP contribution < -0.4 is 20.7 Å². The van der Waals surface area contributed by atoms with E-state index in [-0.39, 0.29) is 29.9 Å². The molecule has 3 aromatic heterocycles. The molecular weight excluding hydrogens is 483 g/mol. The molecule has 0 radical (unpaired) electrons. The van der Waals surface area contributed by atoms with Crippen LogP contribution in [-0.2, 0) is 11.3 Å². The van der Waals surface area contributed by atoms with Crippen molar-refractivity contribution in [1.82, 2.24) is 20.3 Å². The quantitative estimate of drug-likeness (QED) is 0.378. The molecular formula is C25H27FN6O3S. The van der Waals surface area contributed by atoms with Crippen molar-refractivity contribution < 1.29 is 19.0 Å². The van der Waals surface area contributed by atoms with Crippen LogP contribution in [0, 0.1) is 5.82 Å². The molecule has 3 aromatic rings. The second-order valence-electron chi connectivity index (χ2n) is 8.97. The first-order chi connectivity index (χ1) is 17.3. The van der Waals surface area contributed by atoms with Crippen LogP contribution in [0.25, 0.3) is 11.0 Å². The molecule has 1 fully saturated rings. The van der Waals surface area contributed by atoms with E-state index in [1.807, 2.05) is 6.07 Å². The Morgan fingerprint density at radius 2 is 2.14 bits per heavy atom. The Morgan fingerprint density at radius 1 is 1.33 bits per heavy atom. The van der Waals surface area contributed by atoms with Crippen molar-refractivity contribution in [2.75, 3.05) is 23.5 Å². The molecule has 0 spiro atoms. The number of amides is 1. The highest BCUT2D eigenvalue weighted by molar-refractivity contribution is 8.00. The summed E-state index contributed by atoms with van der Waals surface area (Å²) in [7, 11) is 1.55. The fourth-order valence-electron chi connectivity index (χ4n) is 4.49. The summed E-state index contributed by atoms with van der Waals surface area (Å²) in [6.07, 6.45) is 4.01. The highest BCUT2D eigenvalue weighted by atomic mass is 32.2. The van der Waals surface area contributed by atoms with Gasteiger partial charge in [0.05, 0.1) is 34.7 Å². The minimum Gasteiger partial charge on any atom is -0.481 e. The average molecular weight is 511 g/mol.